The summed E-state index contributed by atoms with van der Waals surface area (Å²) in [7, 11) is -3.71. The minimum absolute atomic E-state index is 0.167. The molecule has 0 saturated heterocycles. The van der Waals surface area contributed by atoms with Crippen molar-refractivity contribution in [1.29, 1.82) is 0 Å². The number of nitrogens with one attached hydrogen (secondary N) is 2. The van der Waals surface area contributed by atoms with Crippen LogP contribution < -0.4 is 14.9 Å². The maximum atomic E-state index is 12.6. The maximum Gasteiger partial charge on any atom is 0.261 e. The number of carbonyl (C=O) groups excluding carboxylic acids is 1. The average Bonchev–Trinajstić information content (AvgIpc) is 2.78. The fraction of sp³-hybridized carbons (Fsp3) is 0.208. The third-order valence-corrected chi connectivity index (χ3v) is 6.33. The molecule has 2 N–H and O–H groups in total. The molecule has 3 aromatic carbocycles. The number of rotatable bonds is 9. The molecular weight excluding hydrogens is 410 g/mol. The van der Waals surface area contributed by atoms with Gasteiger partial charge in [0, 0.05) is 36.6 Å². The number of hydrogen-bond acceptors (Lipinski definition) is 4. The van der Waals surface area contributed by atoms with Crippen LogP contribution >= 0.6 is 0 Å². The molecule has 0 fully saturated rings. The van der Waals surface area contributed by atoms with Gasteiger partial charge in [-0.3, -0.25) is 9.52 Å². The van der Waals surface area contributed by atoms with E-state index in [4.69, 9.17) is 0 Å². The Labute approximate surface area is 184 Å². The zero-order valence-electron chi connectivity index (χ0n) is 17.7. The van der Waals surface area contributed by atoms with Gasteiger partial charge >= 0.3 is 0 Å². The standard InChI is InChI=1S/C24H27N3O3S/c1-3-27(23-15-8-7-10-19(23)2)17-16-25-24(28)20-11-9-12-21(18-20)26-31(29,30)22-13-5-4-6-14-22/h4-15,18,26H,3,16-17H2,1-2H3,(H,25,28). The summed E-state index contributed by atoms with van der Waals surface area (Å²) in [6.45, 7) is 6.13. The summed E-state index contributed by atoms with van der Waals surface area (Å²) in [6.07, 6.45) is 0. The Bertz CT molecular complexity index is 1130. The molecule has 0 unspecified atom stereocenters. The molecule has 6 nitrogen and oxygen atoms in total. The van der Waals surface area contributed by atoms with E-state index in [1.807, 2.05) is 12.1 Å². The lowest BCUT2D eigenvalue weighted by Crippen LogP contribution is -2.35. The van der Waals surface area contributed by atoms with Crippen molar-refractivity contribution in [3.63, 3.8) is 0 Å². The Morgan fingerprint density at radius 2 is 1.65 bits per heavy atom. The highest BCUT2D eigenvalue weighted by atomic mass is 32.2. The van der Waals surface area contributed by atoms with E-state index in [0.29, 0.717) is 24.3 Å². The second-order valence-electron chi connectivity index (χ2n) is 7.12. The van der Waals surface area contributed by atoms with E-state index < -0.39 is 10.0 Å². The number of hydrogen-bond donors (Lipinski definition) is 2. The Balaban J connectivity index is 1.62. The summed E-state index contributed by atoms with van der Waals surface area (Å²) in [5.41, 5.74) is 3.07. The van der Waals surface area contributed by atoms with E-state index in [-0.39, 0.29) is 10.8 Å². The number of nitrogens with zero attached hydrogens (tertiary/aromatic N) is 1. The third-order valence-electron chi connectivity index (χ3n) is 4.94. The molecule has 0 heterocycles. The van der Waals surface area contributed by atoms with Gasteiger partial charge in [-0.25, -0.2) is 8.42 Å². The van der Waals surface area contributed by atoms with Crippen LogP contribution in [0.5, 0.6) is 0 Å². The minimum Gasteiger partial charge on any atom is -0.370 e. The maximum absolute atomic E-state index is 12.6. The van der Waals surface area contributed by atoms with E-state index >= 15 is 0 Å². The van der Waals surface area contributed by atoms with E-state index in [1.54, 1.807) is 36.4 Å². The molecule has 0 aliphatic rings. The Hall–Kier alpha value is -3.32. The molecule has 0 radical (unpaired) electrons. The molecule has 0 bridgehead atoms. The van der Waals surface area contributed by atoms with Crippen molar-refractivity contribution < 1.29 is 13.2 Å². The highest BCUT2D eigenvalue weighted by Gasteiger charge is 2.15. The molecule has 31 heavy (non-hydrogen) atoms. The molecule has 0 aromatic heterocycles. The molecule has 1 amide bonds. The van der Waals surface area contributed by atoms with Gasteiger partial charge in [0.25, 0.3) is 15.9 Å². The zero-order chi connectivity index (χ0) is 22.3. The van der Waals surface area contributed by atoms with Crippen molar-refractivity contribution in [2.45, 2.75) is 18.7 Å². The quantitative estimate of drug-likeness (QED) is 0.529. The van der Waals surface area contributed by atoms with Crippen LogP contribution in [0.3, 0.4) is 0 Å². The molecule has 0 atom stereocenters. The number of amides is 1. The number of anilines is 2. The fourth-order valence-electron chi connectivity index (χ4n) is 3.31. The SMILES string of the molecule is CCN(CCNC(=O)c1cccc(NS(=O)(=O)c2ccccc2)c1)c1ccccc1C. The second kappa shape index (κ2) is 10.1. The van der Waals surface area contributed by atoms with E-state index in [9.17, 15) is 13.2 Å². The van der Waals surface area contributed by atoms with E-state index in [1.165, 1.54) is 23.8 Å². The Morgan fingerprint density at radius 1 is 0.935 bits per heavy atom. The van der Waals surface area contributed by atoms with Gasteiger partial charge < -0.3 is 10.2 Å². The number of carbonyl (C=O) groups is 1. The third kappa shape index (κ3) is 5.86. The van der Waals surface area contributed by atoms with Gasteiger partial charge in [-0.1, -0.05) is 42.5 Å². The van der Waals surface area contributed by atoms with Crippen LogP contribution in [0.4, 0.5) is 11.4 Å². The number of likely N-dealkylation sites (N-methyl/N-ethyl adjacent to an activating group) is 1. The predicted molar refractivity (Wildman–Crippen MR) is 125 cm³/mol. The van der Waals surface area contributed by atoms with Gasteiger partial charge in [-0.15, -0.1) is 0 Å². The van der Waals surface area contributed by atoms with Crippen molar-refractivity contribution in [2.24, 2.45) is 0 Å². The van der Waals surface area contributed by atoms with Crippen molar-refractivity contribution in [1.82, 2.24) is 5.32 Å². The smallest absolute Gasteiger partial charge is 0.261 e. The lowest BCUT2D eigenvalue weighted by Gasteiger charge is -2.25. The van der Waals surface area contributed by atoms with Gasteiger partial charge in [0.15, 0.2) is 0 Å². The predicted octanol–water partition coefficient (Wildman–Crippen LogP) is 4.05. The molecule has 7 heteroatoms. The summed E-state index contributed by atoms with van der Waals surface area (Å²) in [5.74, 6) is -0.249. The van der Waals surface area contributed by atoms with Gasteiger partial charge in [0.05, 0.1) is 4.90 Å². The van der Waals surface area contributed by atoms with Gasteiger partial charge in [-0.05, 0) is 55.8 Å². The Morgan fingerprint density at radius 3 is 2.35 bits per heavy atom. The van der Waals surface area contributed by atoms with Crippen LogP contribution in [-0.2, 0) is 10.0 Å². The zero-order valence-corrected chi connectivity index (χ0v) is 18.5. The van der Waals surface area contributed by atoms with Crippen LogP contribution in [0.15, 0.2) is 83.8 Å². The van der Waals surface area contributed by atoms with Crippen LogP contribution in [-0.4, -0.2) is 34.0 Å². The van der Waals surface area contributed by atoms with E-state index in [2.05, 4.69) is 40.9 Å². The van der Waals surface area contributed by atoms with Crippen molar-refractivity contribution in [3.8, 4) is 0 Å². The molecule has 3 rings (SSSR count). The molecule has 0 spiro atoms. The van der Waals surface area contributed by atoms with Gasteiger partial charge in [0.2, 0.25) is 0 Å². The van der Waals surface area contributed by atoms with Crippen LogP contribution in [0, 0.1) is 6.92 Å². The summed E-state index contributed by atoms with van der Waals surface area (Å²) in [5, 5.41) is 2.92. The minimum atomic E-state index is -3.71. The lowest BCUT2D eigenvalue weighted by atomic mass is 10.1. The first-order chi connectivity index (χ1) is 14.9. The lowest BCUT2D eigenvalue weighted by molar-refractivity contribution is 0.0954. The highest BCUT2D eigenvalue weighted by Crippen LogP contribution is 2.19. The first-order valence-electron chi connectivity index (χ1n) is 10.2. The molecule has 0 aliphatic heterocycles. The number of para-hydroxylation sites is 1. The van der Waals surface area contributed by atoms with Crippen molar-refractivity contribution in [3.05, 3.63) is 90.0 Å². The van der Waals surface area contributed by atoms with Gasteiger partial charge in [0.1, 0.15) is 0 Å². The largest absolute Gasteiger partial charge is 0.370 e. The van der Waals surface area contributed by atoms with Crippen molar-refractivity contribution >= 4 is 27.3 Å². The van der Waals surface area contributed by atoms with Gasteiger partial charge in [-0.2, -0.15) is 0 Å². The molecule has 162 valence electrons. The molecule has 0 aliphatic carbocycles. The summed E-state index contributed by atoms with van der Waals surface area (Å²) in [6, 6.07) is 22.7. The van der Waals surface area contributed by atoms with Crippen LogP contribution in [0.1, 0.15) is 22.8 Å². The monoisotopic (exact) mass is 437 g/mol. The topological polar surface area (TPSA) is 78.5 Å². The number of sulfonamides is 1. The number of benzene rings is 3. The normalized spacial score (nSPS) is 11.0. The first kappa shape index (κ1) is 22.4. The molecular formula is C24H27N3O3S. The summed E-state index contributed by atoms with van der Waals surface area (Å²) >= 11 is 0. The van der Waals surface area contributed by atoms with Crippen molar-refractivity contribution in [2.75, 3.05) is 29.3 Å². The Kier molecular flexibility index (Phi) is 7.31. The van der Waals surface area contributed by atoms with E-state index in [0.717, 1.165) is 12.2 Å². The fourth-order valence-corrected chi connectivity index (χ4v) is 4.38. The number of aryl methyl sites for hydroxylation is 1. The highest BCUT2D eigenvalue weighted by molar-refractivity contribution is 7.92. The summed E-state index contributed by atoms with van der Waals surface area (Å²) < 4.78 is 27.5. The van der Waals surface area contributed by atoms with Crippen LogP contribution in [0.2, 0.25) is 0 Å². The average molecular weight is 438 g/mol. The molecule has 3 aromatic rings. The first-order valence-corrected chi connectivity index (χ1v) is 11.7. The van der Waals surface area contributed by atoms with Crippen LogP contribution in [0.25, 0.3) is 0 Å². The molecule has 0 saturated carbocycles. The second-order valence-corrected chi connectivity index (χ2v) is 8.80. The summed E-state index contributed by atoms with van der Waals surface area (Å²) in [4.78, 5) is 15.0.